The van der Waals surface area contributed by atoms with Crippen LogP contribution in [0, 0.1) is 6.92 Å². The van der Waals surface area contributed by atoms with E-state index in [0.29, 0.717) is 34.7 Å². The van der Waals surface area contributed by atoms with Crippen LogP contribution in [0.25, 0.3) is 11.1 Å². The second kappa shape index (κ2) is 13.5. The van der Waals surface area contributed by atoms with Gasteiger partial charge in [-0.15, -0.1) is 0 Å². The summed E-state index contributed by atoms with van der Waals surface area (Å²) in [4.78, 5) is 29.3. The van der Waals surface area contributed by atoms with E-state index in [0.717, 1.165) is 33.4 Å². The summed E-state index contributed by atoms with van der Waals surface area (Å²) in [6, 6.07) is 5.31. The third kappa shape index (κ3) is 6.46. The largest absolute Gasteiger partial charge is 0.493 e. The molecule has 0 bridgehead atoms. The number of aromatic nitrogens is 3. The Balaban J connectivity index is 2.17. The number of ether oxygens (including phenoxy) is 1. The number of nitrogens with one attached hydrogen (secondary N) is 1. The lowest BCUT2D eigenvalue weighted by Gasteiger charge is -2.32. The third-order valence-corrected chi connectivity index (χ3v) is 7.60. The van der Waals surface area contributed by atoms with Gasteiger partial charge in [-0.3, -0.25) is 9.78 Å². The van der Waals surface area contributed by atoms with Gasteiger partial charge in [0.1, 0.15) is 29.4 Å². The third-order valence-electron chi connectivity index (χ3n) is 7.21. The average molecular weight is 578 g/mol. The van der Waals surface area contributed by atoms with Crippen LogP contribution in [-0.4, -0.2) is 60.6 Å². The molecule has 3 aromatic rings. The fourth-order valence-corrected chi connectivity index (χ4v) is 4.99. The maximum atomic E-state index is 12.4. The van der Waals surface area contributed by atoms with E-state index in [-0.39, 0.29) is 17.9 Å². The Morgan fingerprint density at radius 1 is 1.22 bits per heavy atom. The molecule has 2 unspecified atom stereocenters. The molecular weight excluding hydrogens is 538 g/mol. The summed E-state index contributed by atoms with van der Waals surface area (Å²) < 4.78 is 6.29. The van der Waals surface area contributed by atoms with Crippen LogP contribution < -0.4 is 20.7 Å². The second-order valence-corrected chi connectivity index (χ2v) is 10.4. The van der Waals surface area contributed by atoms with Crippen molar-refractivity contribution >= 4 is 29.1 Å². The Hall–Kier alpha value is -4.11. The van der Waals surface area contributed by atoms with Gasteiger partial charge in [-0.05, 0) is 50.2 Å². The number of nitrogens with two attached hydrogens (primary N) is 1. The maximum absolute atomic E-state index is 12.4. The first-order valence-electron chi connectivity index (χ1n) is 13.4. The summed E-state index contributed by atoms with van der Waals surface area (Å²) in [6.45, 7) is 12.4. The van der Waals surface area contributed by atoms with Crippen LogP contribution in [0.3, 0.4) is 0 Å². The Bertz CT molecular complexity index is 1440. The topological polar surface area (TPSA) is 109 Å². The van der Waals surface area contributed by atoms with E-state index >= 15 is 0 Å². The minimum Gasteiger partial charge on any atom is -0.493 e. The SMILES string of the molecule is C=C/C(=C\NC)C(C)c1c(N)ncnc1N(C)C(C)c1cc(Cl)c(C)c(-c2ccc(C(=O)N(C)C)nc2)c1OCC. The van der Waals surface area contributed by atoms with E-state index in [1.54, 1.807) is 32.4 Å². The quantitative estimate of drug-likeness (QED) is 0.276. The molecule has 10 heteroatoms. The highest BCUT2D eigenvalue weighted by atomic mass is 35.5. The maximum Gasteiger partial charge on any atom is 0.271 e. The van der Waals surface area contributed by atoms with Crippen LogP contribution in [0.4, 0.5) is 11.6 Å². The first-order valence-corrected chi connectivity index (χ1v) is 13.8. The van der Waals surface area contributed by atoms with Crippen molar-refractivity contribution in [2.24, 2.45) is 0 Å². The predicted molar refractivity (Wildman–Crippen MR) is 168 cm³/mol. The number of allylic oxidation sites excluding steroid dienone is 2. The zero-order valence-electron chi connectivity index (χ0n) is 25.1. The molecule has 3 rings (SSSR count). The molecule has 2 heterocycles. The van der Waals surface area contributed by atoms with Gasteiger partial charge in [0.15, 0.2) is 0 Å². The molecule has 0 aliphatic rings. The summed E-state index contributed by atoms with van der Waals surface area (Å²) in [5.41, 5.74) is 11.9. The fourth-order valence-electron chi connectivity index (χ4n) is 4.78. The highest BCUT2D eigenvalue weighted by Crippen LogP contribution is 2.45. The number of nitrogen functional groups attached to an aromatic ring is 1. The van der Waals surface area contributed by atoms with Gasteiger partial charge in [-0.2, -0.15) is 0 Å². The van der Waals surface area contributed by atoms with E-state index in [9.17, 15) is 4.79 Å². The molecule has 0 saturated heterocycles. The van der Waals surface area contributed by atoms with Gasteiger partial charge in [-0.25, -0.2) is 9.97 Å². The highest BCUT2D eigenvalue weighted by molar-refractivity contribution is 6.32. The van der Waals surface area contributed by atoms with Crippen LogP contribution >= 0.6 is 11.6 Å². The number of nitrogens with zero attached hydrogens (tertiary/aromatic N) is 5. The fraction of sp³-hybridized carbons (Fsp3) is 0.355. The lowest BCUT2D eigenvalue weighted by Crippen LogP contribution is -2.26. The zero-order chi connectivity index (χ0) is 30.4. The molecule has 0 aliphatic carbocycles. The number of carbonyl (C=O) groups excluding carboxylic acids is 1. The van der Waals surface area contributed by atoms with Crippen LogP contribution in [0.5, 0.6) is 5.75 Å². The van der Waals surface area contributed by atoms with Gasteiger partial charge < -0.3 is 25.6 Å². The van der Waals surface area contributed by atoms with Crippen molar-refractivity contribution in [3.05, 3.63) is 82.6 Å². The number of carbonyl (C=O) groups is 1. The number of pyridine rings is 1. The highest BCUT2D eigenvalue weighted by Gasteiger charge is 2.28. The van der Waals surface area contributed by atoms with Gasteiger partial charge >= 0.3 is 0 Å². The van der Waals surface area contributed by atoms with E-state index in [1.165, 1.54) is 11.2 Å². The van der Waals surface area contributed by atoms with E-state index in [2.05, 4.69) is 33.8 Å². The van der Waals surface area contributed by atoms with Crippen LogP contribution in [0.1, 0.15) is 59.9 Å². The van der Waals surface area contributed by atoms with Crippen LogP contribution in [0.2, 0.25) is 5.02 Å². The molecule has 3 N–H and O–H groups in total. The van der Waals surface area contributed by atoms with Crippen molar-refractivity contribution in [2.45, 2.75) is 39.7 Å². The minimum atomic E-state index is -0.225. The molecule has 0 fully saturated rings. The smallest absolute Gasteiger partial charge is 0.271 e. The monoisotopic (exact) mass is 577 g/mol. The summed E-state index contributed by atoms with van der Waals surface area (Å²) in [6.07, 6.45) is 6.85. The lowest BCUT2D eigenvalue weighted by molar-refractivity contribution is 0.0822. The average Bonchev–Trinajstić information content (AvgIpc) is 2.96. The number of halogens is 1. The standard InChI is InChI=1S/C31H40ClN7O2/c1-10-21(15-34-6)18(3)27-29(33)36-17-37-30(27)39(9)20(5)23-14-24(32)19(4)26(28(23)41-11-2)22-12-13-25(35-16-22)31(40)38(7)8/h10,12-18,20,34H,1,11H2,2-9H3,(H2,33,36,37)/b21-15+. The molecule has 2 atom stereocenters. The predicted octanol–water partition coefficient (Wildman–Crippen LogP) is 5.77. The molecule has 218 valence electrons. The number of hydrogen-bond donors (Lipinski definition) is 2. The molecular formula is C31H40ClN7O2. The number of hydrogen-bond acceptors (Lipinski definition) is 8. The number of anilines is 2. The first-order chi connectivity index (χ1) is 19.5. The Labute approximate surface area is 248 Å². The molecule has 1 amide bonds. The van der Waals surface area contributed by atoms with Crippen molar-refractivity contribution in [1.29, 1.82) is 0 Å². The molecule has 0 saturated carbocycles. The zero-order valence-corrected chi connectivity index (χ0v) is 25.9. The normalized spacial score (nSPS) is 12.9. The lowest BCUT2D eigenvalue weighted by atomic mass is 9.92. The number of benzene rings is 1. The Morgan fingerprint density at radius 2 is 1.93 bits per heavy atom. The van der Waals surface area contributed by atoms with Crippen LogP contribution in [-0.2, 0) is 0 Å². The Morgan fingerprint density at radius 3 is 2.49 bits per heavy atom. The van der Waals surface area contributed by atoms with Gasteiger partial charge in [0.25, 0.3) is 5.91 Å². The molecule has 0 aliphatic heterocycles. The van der Waals surface area contributed by atoms with Crippen molar-refractivity contribution in [2.75, 3.05) is 45.4 Å². The van der Waals surface area contributed by atoms with Gasteiger partial charge in [0.2, 0.25) is 0 Å². The molecule has 41 heavy (non-hydrogen) atoms. The van der Waals surface area contributed by atoms with Crippen molar-refractivity contribution in [1.82, 2.24) is 25.2 Å². The van der Waals surface area contributed by atoms with Crippen molar-refractivity contribution in [3.63, 3.8) is 0 Å². The summed E-state index contributed by atoms with van der Waals surface area (Å²) in [7, 11) is 7.20. The van der Waals surface area contributed by atoms with E-state index in [4.69, 9.17) is 22.1 Å². The summed E-state index contributed by atoms with van der Waals surface area (Å²) >= 11 is 6.83. The van der Waals surface area contributed by atoms with Gasteiger partial charge in [-0.1, -0.05) is 37.2 Å². The molecule has 2 aromatic heterocycles. The van der Waals surface area contributed by atoms with E-state index < -0.39 is 0 Å². The summed E-state index contributed by atoms with van der Waals surface area (Å²) in [5, 5.41) is 3.66. The minimum absolute atomic E-state index is 0.121. The van der Waals surface area contributed by atoms with Gasteiger partial charge in [0, 0.05) is 67.6 Å². The molecule has 0 radical (unpaired) electrons. The Kier molecular flexibility index (Phi) is 10.3. The number of amides is 1. The number of rotatable bonds is 11. The molecule has 1 aromatic carbocycles. The molecule has 9 nitrogen and oxygen atoms in total. The van der Waals surface area contributed by atoms with Crippen molar-refractivity contribution < 1.29 is 9.53 Å². The van der Waals surface area contributed by atoms with Crippen molar-refractivity contribution in [3.8, 4) is 16.9 Å². The van der Waals surface area contributed by atoms with Crippen LogP contribution in [0.15, 0.2) is 55.2 Å². The first kappa shape index (κ1) is 31.4. The second-order valence-electron chi connectivity index (χ2n) is 9.98. The summed E-state index contributed by atoms with van der Waals surface area (Å²) in [5.74, 6) is 1.50. The molecule has 0 spiro atoms. The van der Waals surface area contributed by atoms with Gasteiger partial charge in [0.05, 0.1) is 12.6 Å². The van der Waals surface area contributed by atoms with E-state index in [1.807, 2.05) is 58.1 Å².